The maximum atomic E-state index is 11.2. The lowest BCUT2D eigenvalue weighted by Crippen LogP contribution is -2.06. The van der Waals surface area contributed by atoms with Gasteiger partial charge in [-0.25, -0.2) is 4.79 Å². The number of aromatic carboxylic acids is 1. The summed E-state index contributed by atoms with van der Waals surface area (Å²) in [5.41, 5.74) is 0.0276. The number of carboxylic acid groups (broad SMARTS) is 1. The Kier molecular flexibility index (Phi) is 6.50. The SMILES string of the molecule is CCCCCCOc1c(OC)cc(Cl)cc1C(=O)O. The van der Waals surface area contributed by atoms with Crippen molar-refractivity contribution in [1.82, 2.24) is 0 Å². The van der Waals surface area contributed by atoms with Crippen LogP contribution in [0.25, 0.3) is 0 Å². The topological polar surface area (TPSA) is 55.8 Å². The molecule has 5 heteroatoms. The number of halogens is 1. The molecule has 4 nitrogen and oxygen atoms in total. The zero-order valence-electron chi connectivity index (χ0n) is 11.2. The van der Waals surface area contributed by atoms with E-state index >= 15 is 0 Å². The minimum absolute atomic E-state index is 0.0276. The van der Waals surface area contributed by atoms with Crippen LogP contribution in [-0.2, 0) is 0 Å². The highest BCUT2D eigenvalue weighted by atomic mass is 35.5. The van der Waals surface area contributed by atoms with Gasteiger partial charge in [0.05, 0.1) is 13.7 Å². The Balaban J connectivity index is 2.81. The molecule has 0 heterocycles. The largest absolute Gasteiger partial charge is 0.493 e. The van der Waals surface area contributed by atoms with Gasteiger partial charge in [0.1, 0.15) is 5.56 Å². The van der Waals surface area contributed by atoms with Gasteiger partial charge in [0.2, 0.25) is 0 Å². The van der Waals surface area contributed by atoms with Crippen LogP contribution in [0.1, 0.15) is 43.0 Å². The maximum absolute atomic E-state index is 11.2. The van der Waals surface area contributed by atoms with Crippen molar-refractivity contribution >= 4 is 17.6 Å². The molecular formula is C14H19ClO4. The van der Waals surface area contributed by atoms with Crippen LogP contribution in [0.4, 0.5) is 0 Å². The van der Waals surface area contributed by atoms with Gasteiger partial charge in [-0.15, -0.1) is 0 Å². The van der Waals surface area contributed by atoms with Gasteiger partial charge in [0.15, 0.2) is 11.5 Å². The van der Waals surface area contributed by atoms with Crippen molar-refractivity contribution < 1.29 is 19.4 Å². The highest BCUT2D eigenvalue weighted by molar-refractivity contribution is 6.31. The molecule has 106 valence electrons. The number of methoxy groups -OCH3 is 1. The molecular weight excluding hydrogens is 268 g/mol. The zero-order valence-corrected chi connectivity index (χ0v) is 12.0. The highest BCUT2D eigenvalue weighted by Crippen LogP contribution is 2.34. The summed E-state index contributed by atoms with van der Waals surface area (Å²) in [4.78, 5) is 11.2. The van der Waals surface area contributed by atoms with Crippen molar-refractivity contribution in [2.45, 2.75) is 32.6 Å². The molecule has 19 heavy (non-hydrogen) atoms. The minimum atomic E-state index is -1.08. The van der Waals surface area contributed by atoms with Gasteiger partial charge in [0.25, 0.3) is 0 Å². The van der Waals surface area contributed by atoms with Crippen molar-refractivity contribution in [2.75, 3.05) is 13.7 Å². The molecule has 0 spiro atoms. The third-order valence-electron chi connectivity index (χ3n) is 2.71. The second-order valence-electron chi connectivity index (χ2n) is 4.20. The minimum Gasteiger partial charge on any atom is -0.493 e. The average Bonchev–Trinajstić information content (AvgIpc) is 2.38. The molecule has 0 fully saturated rings. The molecule has 0 aliphatic rings. The predicted molar refractivity (Wildman–Crippen MR) is 74.6 cm³/mol. The van der Waals surface area contributed by atoms with Gasteiger partial charge in [-0.2, -0.15) is 0 Å². The molecule has 1 rings (SSSR count). The van der Waals surface area contributed by atoms with Crippen LogP contribution in [0.3, 0.4) is 0 Å². The molecule has 1 N–H and O–H groups in total. The molecule has 0 atom stereocenters. The Morgan fingerprint density at radius 3 is 2.63 bits per heavy atom. The van der Waals surface area contributed by atoms with Gasteiger partial charge in [-0.1, -0.05) is 37.8 Å². The summed E-state index contributed by atoms with van der Waals surface area (Å²) in [5, 5.41) is 9.47. The third-order valence-corrected chi connectivity index (χ3v) is 2.93. The fraction of sp³-hybridized carbons (Fsp3) is 0.500. The van der Waals surface area contributed by atoms with E-state index in [1.807, 2.05) is 0 Å². The van der Waals surface area contributed by atoms with Crippen LogP contribution < -0.4 is 9.47 Å². The summed E-state index contributed by atoms with van der Waals surface area (Å²) in [6.07, 6.45) is 4.24. The van der Waals surface area contributed by atoms with Gasteiger partial charge in [-0.05, 0) is 12.5 Å². The Morgan fingerprint density at radius 2 is 2.05 bits per heavy atom. The fourth-order valence-electron chi connectivity index (χ4n) is 1.73. The number of hydrogen-bond acceptors (Lipinski definition) is 3. The van der Waals surface area contributed by atoms with Crippen molar-refractivity contribution in [3.63, 3.8) is 0 Å². The first kappa shape index (κ1) is 15.6. The number of rotatable bonds is 8. The van der Waals surface area contributed by atoms with Crippen LogP contribution in [0.15, 0.2) is 12.1 Å². The van der Waals surface area contributed by atoms with Crippen LogP contribution >= 0.6 is 11.6 Å². The molecule has 0 saturated carbocycles. The van der Waals surface area contributed by atoms with Crippen molar-refractivity contribution in [2.24, 2.45) is 0 Å². The molecule has 0 unspecified atom stereocenters. The number of carbonyl (C=O) groups is 1. The van der Waals surface area contributed by atoms with Crippen LogP contribution in [0, 0.1) is 0 Å². The average molecular weight is 287 g/mol. The molecule has 0 bridgehead atoms. The van der Waals surface area contributed by atoms with Gasteiger partial charge in [0, 0.05) is 11.1 Å². The van der Waals surface area contributed by atoms with E-state index in [1.165, 1.54) is 13.2 Å². The van der Waals surface area contributed by atoms with E-state index in [-0.39, 0.29) is 11.3 Å². The van der Waals surface area contributed by atoms with E-state index in [4.69, 9.17) is 26.2 Å². The molecule has 0 saturated heterocycles. The lowest BCUT2D eigenvalue weighted by Gasteiger charge is -2.13. The molecule has 0 amide bonds. The van der Waals surface area contributed by atoms with Gasteiger partial charge >= 0.3 is 5.97 Å². The Labute approximate surface area is 118 Å². The van der Waals surface area contributed by atoms with E-state index < -0.39 is 5.97 Å². The summed E-state index contributed by atoms with van der Waals surface area (Å²) in [6, 6.07) is 2.92. The van der Waals surface area contributed by atoms with Crippen molar-refractivity contribution in [3.8, 4) is 11.5 Å². The summed E-state index contributed by atoms with van der Waals surface area (Å²) in [7, 11) is 1.46. The summed E-state index contributed by atoms with van der Waals surface area (Å²) < 4.78 is 10.7. The molecule has 0 aliphatic carbocycles. The number of benzene rings is 1. The van der Waals surface area contributed by atoms with E-state index in [2.05, 4.69) is 6.92 Å². The molecule has 1 aromatic rings. The second kappa shape index (κ2) is 7.89. The molecule has 0 radical (unpaired) electrons. The van der Waals surface area contributed by atoms with Gasteiger partial charge in [-0.3, -0.25) is 0 Å². The smallest absolute Gasteiger partial charge is 0.339 e. The summed E-state index contributed by atoms with van der Waals surface area (Å²) >= 11 is 5.85. The Morgan fingerprint density at radius 1 is 1.32 bits per heavy atom. The number of unbranched alkanes of at least 4 members (excludes halogenated alkanes) is 3. The molecule has 1 aromatic carbocycles. The first-order valence-corrected chi connectivity index (χ1v) is 6.71. The maximum Gasteiger partial charge on any atom is 0.339 e. The summed E-state index contributed by atoms with van der Waals surface area (Å²) in [6.45, 7) is 2.60. The normalized spacial score (nSPS) is 10.3. The Hall–Kier alpha value is -1.42. The molecule has 0 aromatic heterocycles. The first-order chi connectivity index (χ1) is 9.10. The van der Waals surface area contributed by atoms with Crippen molar-refractivity contribution in [1.29, 1.82) is 0 Å². The number of carboxylic acids is 1. The van der Waals surface area contributed by atoms with Crippen molar-refractivity contribution in [3.05, 3.63) is 22.7 Å². The molecule has 0 aliphatic heterocycles. The van der Waals surface area contributed by atoms with E-state index in [0.717, 1.165) is 25.7 Å². The highest BCUT2D eigenvalue weighted by Gasteiger charge is 2.18. The predicted octanol–water partition coefficient (Wildman–Crippen LogP) is 4.01. The van der Waals surface area contributed by atoms with Crippen LogP contribution in [0.2, 0.25) is 5.02 Å². The fourth-order valence-corrected chi connectivity index (χ4v) is 1.94. The zero-order chi connectivity index (χ0) is 14.3. The van der Waals surface area contributed by atoms with E-state index in [9.17, 15) is 4.79 Å². The monoisotopic (exact) mass is 286 g/mol. The van der Waals surface area contributed by atoms with Crippen LogP contribution in [0.5, 0.6) is 11.5 Å². The quantitative estimate of drug-likeness (QED) is 0.734. The first-order valence-electron chi connectivity index (χ1n) is 6.33. The third kappa shape index (κ3) is 4.63. The van der Waals surface area contributed by atoms with E-state index in [1.54, 1.807) is 6.07 Å². The number of ether oxygens (including phenoxy) is 2. The number of hydrogen-bond donors (Lipinski definition) is 1. The second-order valence-corrected chi connectivity index (χ2v) is 4.64. The Bertz CT molecular complexity index is 432. The van der Waals surface area contributed by atoms with E-state index in [0.29, 0.717) is 17.4 Å². The lowest BCUT2D eigenvalue weighted by molar-refractivity contribution is 0.0691. The summed E-state index contributed by atoms with van der Waals surface area (Å²) in [5.74, 6) is -0.486. The van der Waals surface area contributed by atoms with Crippen LogP contribution in [-0.4, -0.2) is 24.8 Å². The standard InChI is InChI=1S/C14H19ClO4/c1-3-4-5-6-7-19-13-11(14(16)17)8-10(15)9-12(13)18-2/h8-9H,3-7H2,1-2H3,(H,16,17). The lowest BCUT2D eigenvalue weighted by atomic mass is 10.2. The van der Waals surface area contributed by atoms with Gasteiger partial charge < -0.3 is 14.6 Å².